The first kappa shape index (κ1) is 10.1. The van der Waals surface area contributed by atoms with Gasteiger partial charge in [0.15, 0.2) is 0 Å². The Morgan fingerprint density at radius 3 is 2.80 bits per heavy atom. The number of hydrogen-bond acceptors (Lipinski definition) is 4. The van der Waals surface area contributed by atoms with Gasteiger partial charge in [0.1, 0.15) is 0 Å². The lowest BCUT2D eigenvalue weighted by atomic mass is 10.2. The number of aromatic nitrogens is 2. The number of nitrogens with zero attached hydrogens (tertiary/aromatic N) is 2. The molecule has 0 spiro atoms. The number of pyridine rings is 1. The van der Waals surface area contributed by atoms with Crippen LogP contribution in [0, 0.1) is 6.92 Å². The molecule has 3 nitrogen and oxygen atoms in total. The molecule has 1 N–H and O–H groups in total. The molecule has 0 aromatic carbocycles. The SMILES string of the molecule is Cc1ccc(NC(C)c2cscn2)cn1. The van der Waals surface area contributed by atoms with Crippen molar-refractivity contribution in [3.05, 3.63) is 40.6 Å². The van der Waals surface area contributed by atoms with Crippen LogP contribution in [0.5, 0.6) is 0 Å². The van der Waals surface area contributed by atoms with E-state index < -0.39 is 0 Å². The zero-order valence-electron chi connectivity index (χ0n) is 8.77. The Labute approximate surface area is 93.2 Å². The first-order valence-corrected chi connectivity index (χ1v) is 5.77. The van der Waals surface area contributed by atoms with Crippen molar-refractivity contribution in [2.45, 2.75) is 19.9 Å². The molecule has 0 amide bonds. The summed E-state index contributed by atoms with van der Waals surface area (Å²) in [6, 6.07) is 4.25. The van der Waals surface area contributed by atoms with E-state index >= 15 is 0 Å². The van der Waals surface area contributed by atoms with E-state index in [2.05, 4.69) is 27.6 Å². The van der Waals surface area contributed by atoms with Crippen LogP contribution in [-0.4, -0.2) is 9.97 Å². The summed E-state index contributed by atoms with van der Waals surface area (Å²) < 4.78 is 0. The molecular weight excluding hydrogens is 206 g/mol. The molecule has 2 rings (SSSR count). The summed E-state index contributed by atoms with van der Waals surface area (Å²) in [4.78, 5) is 8.50. The van der Waals surface area contributed by atoms with Crippen molar-refractivity contribution in [1.82, 2.24) is 9.97 Å². The molecule has 0 fully saturated rings. The lowest BCUT2D eigenvalue weighted by molar-refractivity contribution is 0.848. The number of thiazole rings is 1. The number of aryl methyl sites for hydroxylation is 1. The summed E-state index contributed by atoms with van der Waals surface area (Å²) >= 11 is 1.61. The molecule has 0 bridgehead atoms. The molecule has 0 aliphatic carbocycles. The zero-order valence-corrected chi connectivity index (χ0v) is 9.58. The minimum absolute atomic E-state index is 0.223. The van der Waals surface area contributed by atoms with Crippen LogP contribution in [0.1, 0.15) is 24.4 Å². The van der Waals surface area contributed by atoms with Crippen LogP contribution in [0.15, 0.2) is 29.2 Å². The molecule has 78 valence electrons. The maximum Gasteiger partial charge on any atom is 0.0795 e. The molecule has 1 atom stereocenters. The van der Waals surface area contributed by atoms with Gasteiger partial charge in [0.05, 0.1) is 29.1 Å². The van der Waals surface area contributed by atoms with Gasteiger partial charge >= 0.3 is 0 Å². The van der Waals surface area contributed by atoms with Crippen LogP contribution in [0.2, 0.25) is 0 Å². The fourth-order valence-electron chi connectivity index (χ4n) is 1.31. The van der Waals surface area contributed by atoms with E-state index in [1.165, 1.54) is 0 Å². The van der Waals surface area contributed by atoms with Crippen molar-refractivity contribution < 1.29 is 0 Å². The van der Waals surface area contributed by atoms with Crippen LogP contribution < -0.4 is 5.32 Å². The van der Waals surface area contributed by atoms with E-state index in [1.54, 1.807) is 11.3 Å². The van der Waals surface area contributed by atoms with Gasteiger partial charge in [0.25, 0.3) is 0 Å². The Hall–Kier alpha value is -1.42. The first-order chi connectivity index (χ1) is 7.25. The minimum Gasteiger partial charge on any atom is -0.376 e. The highest BCUT2D eigenvalue weighted by Crippen LogP contribution is 2.18. The summed E-state index contributed by atoms with van der Waals surface area (Å²) in [7, 11) is 0. The fraction of sp³-hybridized carbons (Fsp3) is 0.273. The van der Waals surface area contributed by atoms with Gasteiger partial charge in [-0.2, -0.15) is 0 Å². The molecule has 15 heavy (non-hydrogen) atoms. The van der Waals surface area contributed by atoms with E-state index in [4.69, 9.17) is 0 Å². The van der Waals surface area contributed by atoms with Crippen LogP contribution in [0.25, 0.3) is 0 Å². The fourth-order valence-corrected chi connectivity index (χ4v) is 1.96. The van der Waals surface area contributed by atoms with Crippen molar-refractivity contribution in [3.8, 4) is 0 Å². The van der Waals surface area contributed by atoms with Gasteiger partial charge in [0.2, 0.25) is 0 Å². The van der Waals surface area contributed by atoms with Gasteiger partial charge in [-0.3, -0.25) is 4.98 Å². The lowest BCUT2D eigenvalue weighted by Crippen LogP contribution is -2.06. The summed E-state index contributed by atoms with van der Waals surface area (Å²) in [5.41, 5.74) is 4.98. The number of rotatable bonds is 3. The second-order valence-electron chi connectivity index (χ2n) is 3.47. The van der Waals surface area contributed by atoms with Gasteiger partial charge in [-0.15, -0.1) is 11.3 Å². The third kappa shape index (κ3) is 2.53. The monoisotopic (exact) mass is 219 g/mol. The Kier molecular flexibility index (Phi) is 2.97. The summed E-state index contributed by atoms with van der Waals surface area (Å²) in [6.07, 6.45) is 1.85. The number of anilines is 1. The summed E-state index contributed by atoms with van der Waals surface area (Å²) in [5, 5.41) is 5.41. The van der Waals surface area contributed by atoms with Crippen molar-refractivity contribution in [2.75, 3.05) is 5.32 Å². The highest BCUT2D eigenvalue weighted by molar-refractivity contribution is 7.07. The predicted molar refractivity (Wildman–Crippen MR) is 63.1 cm³/mol. The maximum absolute atomic E-state index is 4.27. The second kappa shape index (κ2) is 4.40. The van der Waals surface area contributed by atoms with Gasteiger partial charge in [0, 0.05) is 11.1 Å². The topological polar surface area (TPSA) is 37.8 Å². The van der Waals surface area contributed by atoms with Crippen LogP contribution in [-0.2, 0) is 0 Å². The Balaban J connectivity index is 2.06. The van der Waals surface area contributed by atoms with Crippen molar-refractivity contribution in [2.24, 2.45) is 0 Å². The third-order valence-electron chi connectivity index (χ3n) is 2.19. The van der Waals surface area contributed by atoms with E-state index in [9.17, 15) is 0 Å². The van der Waals surface area contributed by atoms with E-state index in [0.717, 1.165) is 17.1 Å². The Bertz CT molecular complexity index is 408. The maximum atomic E-state index is 4.27. The number of hydrogen-bond donors (Lipinski definition) is 1. The third-order valence-corrected chi connectivity index (χ3v) is 2.79. The smallest absolute Gasteiger partial charge is 0.0795 e. The van der Waals surface area contributed by atoms with Gasteiger partial charge in [-0.25, -0.2) is 4.98 Å². The lowest BCUT2D eigenvalue weighted by Gasteiger charge is -2.12. The summed E-state index contributed by atoms with van der Waals surface area (Å²) in [5.74, 6) is 0. The van der Waals surface area contributed by atoms with Gasteiger partial charge in [-0.1, -0.05) is 0 Å². The highest BCUT2D eigenvalue weighted by Gasteiger charge is 2.06. The van der Waals surface area contributed by atoms with Crippen molar-refractivity contribution >= 4 is 17.0 Å². The van der Waals surface area contributed by atoms with Crippen molar-refractivity contribution in [1.29, 1.82) is 0 Å². The molecule has 0 saturated carbocycles. The molecule has 0 radical (unpaired) electrons. The predicted octanol–water partition coefficient (Wildman–Crippen LogP) is 3.02. The zero-order chi connectivity index (χ0) is 10.7. The van der Waals surface area contributed by atoms with E-state index in [1.807, 2.05) is 30.8 Å². The van der Waals surface area contributed by atoms with Crippen molar-refractivity contribution in [3.63, 3.8) is 0 Å². The quantitative estimate of drug-likeness (QED) is 0.862. The van der Waals surface area contributed by atoms with Gasteiger partial charge < -0.3 is 5.32 Å². The van der Waals surface area contributed by atoms with Crippen LogP contribution >= 0.6 is 11.3 Å². The molecule has 1 unspecified atom stereocenters. The molecule has 2 aromatic rings. The van der Waals surface area contributed by atoms with Crippen LogP contribution in [0.4, 0.5) is 5.69 Å². The number of nitrogens with one attached hydrogen (secondary N) is 1. The normalized spacial score (nSPS) is 12.4. The molecule has 2 heterocycles. The molecule has 4 heteroatoms. The van der Waals surface area contributed by atoms with E-state index in [0.29, 0.717) is 0 Å². The molecule has 0 aliphatic rings. The average molecular weight is 219 g/mol. The largest absolute Gasteiger partial charge is 0.376 e. The average Bonchev–Trinajstić information content (AvgIpc) is 2.74. The molecule has 0 saturated heterocycles. The second-order valence-corrected chi connectivity index (χ2v) is 4.19. The minimum atomic E-state index is 0.223. The molecule has 2 aromatic heterocycles. The first-order valence-electron chi connectivity index (χ1n) is 4.83. The molecular formula is C11H13N3S. The van der Waals surface area contributed by atoms with Crippen LogP contribution in [0.3, 0.4) is 0 Å². The Morgan fingerprint density at radius 1 is 1.33 bits per heavy atom. The highest BCUT2D eigenvalue weighted by atomic mass is 32.1. The Morgan fingerprint density at radius 2 is 2.20 bits per heavy atom. The van der Waals surface area contributed by atoms with E-state index in [-0.39, 0.29) is 6.04 Å². The summed E-state index contributed by atoms with van der Waals surface area (Å²) in [6.45, 7) is 4.07. The standard InChI is InChI=1S/C11H13N3S/c1-8-3-4-10(5-12-8)14-9(2)11-6-15-7-13-11/h3-7,9,14H,1-2H3. The molecule has 0 aliphatic heterocycles. The van der Waals surface area contributed by atoms with Gasteiger partial charge in [-0.05, 0) is 26.0 Å².